The van der Waals surface area contributed by atoms with Crippen LogP contribution in [0.5, 0.6) is 11.5 Å². The van der Waals surface area contributed by atoms with Gasteiger partial charge >= 0.3 is 0 Å². The van der Waals surface area contributed by atoms with Gasteiger partial charge in [0.1, 0.15) is 11.5 Å². The van der Waals surface area contributed by atoms with E-state index in [2.05, 4.69) is 5.32 Å². The predicted molar refractivity (Wildman–Crippen MR) is 72.6 cm³/mol. The van der Waals surface area contributed by atoms with Gasteiger partial charge in [-0.25, -0.2) is 0 Å². The number of hydrogen-bond acceptors (Lipinski definition) is 4. The summed E-state index contributed by atoms with van der Waals surface area (Å²) in [7, 11) is 3.48. The Bertz CT molecular complexity index is 454. The number of phenols is 1. The molecule has 0 spiro atoms. The second kappa shape index (κ2) is 5.93. The first-order chi connectivity index (χ1) is 9.15. The summed E-state index contributed by atoms with van der Waals surface area (Å²) >= 11 is 0. The second-order valence-electron chi connectivity index (χ2n) is 4.74. The SMILES string of the molecule is CNC1CCN(C(=O)c2cc(OC)ccc2O)CC1. The van der Waals surface area contributed by atoms with Gasteiger partial charge in [0.25, 0.3) is 5.91 Å². The van der Waals surface area contributed by atoms with Crippen molar-refractivity contribution in [1.29, 1.82) is 0 Å². The molecule has 19 heavy (non-hydrogen) atoms. The Morgan fingerprint density at radius 3 is 2.68 bits per heavy atom. The number of nitrogens with zero attached hydrogens (tertiary/aromatic N) is 1. The van der Waals surface area contributed by atoms with Crippen LogP contribution < -0.4 is 10.1 Å². The van der Waals surface area contributed by atoms with Gasteiger partial charge in [-0.05, 0) is 38.1 Å². The first kappa shape index (κ1) is 13.7. The first-order valence-electron chi connectivity index (χ1n) is 6.49. The van der Waals surface area contributed by atoms with Crippen LogP contribution in [0.3, 0.4) is 0 Å². The fourth-order valence-electron chi connectivity index (χ4n) is 2.36. The average molecular weight is 264 g/mol. The Kier molecular flexibility index (Phi) is 4.27. The molecule has 1 aromatic rings. The normalized spacial score (nSPS) is 16.4. The van der Waals surface area contributed by atoms with Crippen LogP contribution in [-0.2, 0) is 0 Å². The number of nitrogens with one attached hydrogen (secondary N) is 1. The second-order valence-corrected chi connectivity index (χ2v) is 4.74. The van der Waals surface area contributed by atoms with Crippen LogP contribution in [0.15, 0.2) is 18.2 Å². The molecule has 1 fully saturated rings. The van der Waals surface area contributed by atoms with Gasteiger partial charge in [-0.15, -0.1) is 0 Å². The number of methoxy groups -OCH3 is 1. The van der Waals surface area contributed by atoms with E-state index < -0.39 is 0 Å². The van der Waals surface area contributed by atoms with Gasteiger partial charge in [-0.2, -0.15) is 0 Å². The molecule has 1 amide bonds. The lowest BCUT2D eigenvalue weighted by atomic mass is 10.0. The van der Waals surface area contributed by atoms with Crippen LogP contribution in [0.1, 0.15) is 23.2 Å². The summed E-state index contributed by atoms with van der Waals surface area (Å²) in [6.07, 6.45) is 1.87. The topological polar surface area (TPSA) is 61.8 Å². The van der Waals surface area contributed by atoms with Gasteiger partial charge in [-0.1, -0.05) is 0 Å². The Morgan fingerprint density at radius 2 is 2.11 bits per heavy atom. The largest absolute Gasteiger partial charge is 0.507 e. The fraction of sp³-hybridized carbons (Fsp3) is 0.500. The van der Waals surface area contributed by atoms with Gasteiger partial charge in [0.15, 0.2) is 0 Å². The van der Waals surface area contributed by atoms with Crippen molar-refractivity contribution in [3.05, 3.63) is 23.8 Å². The monoisotopic (exact) mass is 264 g/mol. The highest BCUT2D eigenvalue weighted by Crippen LogP contribution is 2.25. The molecular formula is C14H20N2O3. The third-order valence-electron chi connectivity index (χ3n) is 3.62. The summed E-state index contributed by atoms with van der Waals surface area (Å²) in [5, 5.41) is 13.0. The van der Waals surface area contributed by atoms with Crippen molar-refractivity contribution in [3.8, 4) is 11.5 Å². The number of benzene rings is 1. The van der Waals surface area contributed by atoms with E-state index in [0.717, 1.165) is 12.8 Å². The van der Waals surface area contributed by atoms with Crippen LogP contribution in [0.2, 0.25) is 0 Å². The van der Waals surface area contributed by atoms with Crippen molar-refractivity contribution in [3.63, 3.8) is 0 Å². The highest BCUT2D eigenvalue weighted by atomic mass is 16.5. The van der Waals surface area contributed by atoms with Crippen molar-refractivity contribution in [2.45, 2.75) is 18.9 Å². The number of likely N-dealkylation sites (tertiary alicyclic amines) is 1. The summed E-state index contributed by atoms with van der Waals surface area (Å²) in [5.41, 5.74) is 0.308. The molecule has 0 atom stereocenters. The maximum atomic E-state index is 12.4. The molecule has 104 valence electrons. The van der Waals surface area contributed by atoms with Crippen molar-refractivity contribution in [1.82, 2.24) is 10.2 Å². The van der Waals surface area contributed by atoms with E-state index in [4.69, 9.17) is 4.74 Å². The number of hydrogen-bond donors (Lipinski definition) is 2. The van der Waals surface area contributed by atoms with E-state index in [0.29, 0.717) is 30.4 Å². The molecule has 5 heteroatoms. The van der Waals surface area contributed by atoms with Crippen molar-refractivity contribution < 1.29 is 14.6 Å². The summed E-state index contributed by atoms with van der Waals surface area (Å²) in [5.74, 6) is 0.443. The smallest absolute Gasteiger partial charge is 0.257 e. The lowest BCUT2D eigenvalue weighted by molar-refractivity contribution is 0.0704. The minimum absolute atomic E-state index is 0.00143. The standard InChI is InChI=1S/C14H20N2O3/c1-15-10-5-7-16(8-6-10)14(18)12-9-11(19-2)3-4-13(12)17/h3-4,9-10,15,17H,5-8H2,1-2H3. The third-order valence-corrected chi connectivity index (χ3v) is 3.62. The van der Waals surface area contributed by atoms with Crippen molar-refractivity contribution >= 4 is 5.91 Å². The van der Waals surface area contributed by atoms with Crippen LogP contribution in [0, 0.1) is 0 Å². The minimum Gasteiger partial charge on any atom is -0.507 e. The molecule has 1 heterocycles. The molecule has 1 saturated heterocycles. The van der Waals surface area contributed by atoms with Gasteiger partial charge in [-0.3, -0.25) is 4.79 Å². The van der Waals surface area contributed by atoms with E-state index in [1.165, 1.54) is 6.07 Å². The van der Waals surface area contributed by atoms with Gasteiger partial charge in [0.05, 0.1) is 12.7 Å². The van der Waals surface area contributed by atoms with Crippen LogP contribution in [0.25, 0.3) is 0 Å². The zero-order valence-corrected chi connectivity index (χ0v) is 11.3. The van der Waals surface area contributed by atoms with Crippen LogP contribution in [0.4, 0.5) is 0 Å². The highest BCUT2D eigenvalue weighted by molar-refractivity contribution is 5.97. The number of rotatable bonds is 3. The van der Waals surface area contributed by atoms with E-state index in [1.807, 2.05) is 7.05 Å². The van der Waals surface area contributed by atoms with E-state index in [1.54, 1.807) is 24.1 Å². The highest BCUT2D eigenvalue weighted by Gasteiger charge is 2.24. The number of amides is 1. The number of ether oxygens (including phenoxy) is 1. The molecule has 0 saturated carbocycles. The molecule has 0 bridgehead atoms. The van der Waals surface area contributed by atoms with Gasteiger partial charge < -0.3 is 20.1 Å². The molecule has 0 unspecified atom stereocenters. The maximum absolute atomic E-state index is 12.4. The fourth-order valence-corrected chi connectivity index (χ4v) is 2.36. The van der Waals surface area contributed by atoms with Crippen LogP contribution >= 0.6 is 0 Å². The first-order valence-corrected chi connectivity index (χ1v) is 6.49. The number of carbonyl (C=O) groups is 1. The molecular weight excluding hydrogens is 244 g/mol. The summed E-state index contributed by atoms with van der Waals surface area (Å²) in [6, 6.07) is 5.19. The third kappa shape index (κ3) is 2.98. The minimum atomic E-state index is -0.133. The van der Waals surface area contributed by atoms with Crippen molar-refractivity contribution in [2.75, 3.05) is 27.2 Å². The zero-order valence-electron chi connectivity index (χ0n) is 11.3. The Balaban J connectivity index is 2.11. The van der Waals surface area contributed by atoms with E-state index in [-0.39, 0.29) is 11.7 Å². The summed E-state index contributed by atoms with van der Waals surface area (Å²) < 4.78 is 5.09. The Hall–Kier alpha value is -1.75. The summed E-state index contributed by atoms with van der Waals surface area (Å²) in [4.78, 5) is 14.2. The Labute approximate surface area is 113 Å². The van der Waals surface area contributed by atoms with E-state index in [9.17, 15) is 9.90 Å². The molecule has 5 nitrogen and oxygen atoms in total. The molecule has 2 rings (SSSR count). The molecule has 1 aromatic carbocycles. The van der Waals surface area contributed by atoms with Crippen molar-refractivity contribution in [2.24, 2.45) is 0 Å². The average Bonchev–Trinajstić information content (AvgIpc) is 2.47. The quantitative estimate of drug-likeness (QED) is 0.862. The lowest BCUT2D eigenvalue weighted by Gasteiger charge is -2.32. The zero-order chi connectivity index (χ0) is 13.8. The van der Waals surface area contributed by atoms with Gasteiger partial charge in [0.2, 0.25) is 0 Å². The number of aromatic hydroxyl groups is 1. The van der Waals surface area contributed by atoms with Gasteiger partial charge in [0, 0.05) is 19.1 Å². The van der Waals surface area contributed by atoms with E-state index >= 15 is 0 Å². The Morgan fingerprint density at radius 1 is 1.42 bits per heavy atom. The molecule has 2 N–H and O–H groups in total. The predicted octanol–water partition coefficient (Wildman–Crippen LogP) is 1.22. The maximum Gasteiger partial charge on any atom is 0.257 e. The molecule has 0 aliphatic carbocycles. The number of piperidine rings is 1. The molecule has 1 aliphatic heterocycles. The number of phenolic OH excluding ortho intramolecular Hbond substituents is 1. The molecule has 0 radical (unpaired) electrons. The van der Waals surface area contributed by atoms with Crippen LogP contribution in [-0.4, -0.2) is 49.2 Å². The number of carbonyl (C=O) groups excluding carboxylic acids is 1. The summed E-state index contributed by atoms with van der Waals surface area (Å²) in [6.45, 7) is 1.42. The lowest BCUT2D eigenvalue weighted by Crippen LogP contribution is -2.43. The molecule has 1 aliphatic rings. The molecule has 0 aromatic heterocycles.